The fraction of sp³-hybridized carbons (Fsp3) is 0.188. The second-order valence-corrected chi connectivity index (χ2v) is 4.57. The standard InChI is InChI=1S/C16H15F2NO3/c1-19-16(21)10-4-2-5-11(8-10)22-9-14(20)15-12(17)6-3-7-13(15)18/h2-8,14,20H,9H2,1H3,(H,19,21). The van der Waals surface area contributed by atoms with Gasteiger partial charge >= 0.3 is 0 Å². The van der Waals surface area contributed by atoms with Crippen molar-refractivity contribution in [3.63, 3.8) is 0 Å². The Kier molecular flexibility index (Phi) is 5.06. The van der Waals surface area contributed by atoms with Crippen LogP contribution in [-0.4, -0.2) is 24.7 Å². The minimum atomic E-state index is -1.45. The molecule has 0 saturated carbocycles. The number of rotatable bonds is 5. The van der Waals surface area contributed by atoms with Gasteiger partial charge in [-0.15, -0.1) is 0 Å². The number of aliphatic hydroxyl groups excluding tert-OH is 1. The molecule has 6 heteroatoms. The number of carbonyl (C=O) groups excluding carboxylic acids is 1. The summed E-state index contributed by atoms with van der Waals surface area (Å²) in [6, 6.07) is 9.60. The summed E-state index contributed by atoms with van der Waals surface area (Å²) in [5.41, 5.74) is -0.0588. The molecule has 1 amide bonds. The predicted molar refractivity (Wildman–Crippen MR) is 76.6 cm³/mol. The van der Waals surface area contributed by atoms with Crippen molar-refractivity contribution in [1.82, 2.24) is 5.32 Å². The topological polar surface area (TPSA) is 58.6 Å². The fourth-order valence-electron chi connectivity index (χ4n) is 1.96. The minimum Gasteiger partial charge on any atom is -0.491 e. The Balaban J connectivity index is 2.08. The van der Waals surface area contributed by atoms with Gasteiger partial charge in [-0.25, -0.2) is 8.78 Å². The van der Waals surface area contributed by atoms with Crippen molar-refractivity contribution in [2.24, 2.45) is 0 Å². The van der Waals surface area contributed by atoms with Gasteiger partial charge in [0.25, 0.3) is 5.91 Å². The summed E-state index contributed by atoms with van der Waals surface area (Å²) in [5, 5.41) is 12.4. The largest absolute Gasteiger partial charge is 0.491 e. The number of hydrogen-bond donors (Lipinski definition) is 2. The maximum Gasteiger partial charge on any atom is 0.251 e. The molecular weight excluding hydrogens is 292 g/mol. The number of hydrogen-bond acceptors (Lipinski definition) is 3. The first-order chi connectivity index (χ1) is 10.5. The van der Waals surface area contributed by atoms with Crippen LogP contribution in [0.15, 0.2) is 42.5 Å². The lowest BCUT2D eigenvalue weighted by Gasteiger charge is -2.14. The van der Waals surface area contributed by atoms with E-state index < -0.39 is 23.3 Å². The zero-order valence-corrected chi connectivity index (χ0v) is 11.8. The summed E-state index contributed by atoms with van der Waals surface area (Å²) in [6.07, 6.45) is -1.45. The maximum atomic E-state index is 13.5. The van der Waals surface area contributed by atoms with Gasteiger partial charge in [0.05, 0.1) is 5.56 Å². The van der Waals surface area contributed by atoms with E-state index in [9.17, 15) is 18.7 Å². The van der Waals surface area contributed by atoms with Crippen molar-refractivity contribution in [3.05, 3.63) is 65.2 Å². The lowest BCUT2D eigenvalue weighted by atomic mass is 10.1. The van der Waals surface area contributed by atoms with Crippen LogP contribution in [0.5, 0.6) is 5.75 Å². The highest BCUT2D eigenvalue weighted by atomic mass is 19.1. The van der Waals surface area contributed by atoms with Crippen molar-refractivity contribution in [2.75, 3.05) is 13.7 Å². The van der Waals surface area contributed by atoms with Crippen molar-refractivity contribution < 1.29 is 23.4 Å². The van der Waals surface area contributed by atoms with Gasteiger partial charge in [0.1, 0.15) is 30.1 Å². The summed E-state index contributed by atoms with van der Waals surface area (Å²) in [6.45, 7) is -0.338. The van der Waals surface area contributed by atoms with Gasteiger partial charge in [-0.1, -0.05) is 12.1 Å². The SMILES string of the molecule is CNC(=O)c1cccc(OCC(O)c2c(F)cccc2F)c1. The van der Waals surface area contributed by atoms with E-state index in [4.69, 9.17) is 4.74 Å². The van der Waals surface area contributed by atoms with E-state index >= 15 is 0 Å². The average molecular weight is 307 g/mol. The lowest BCUT2D eigenvalue weighted by molar-refractivity contribution is 0.0959. The summed E-state index contributed by atoms with van der Waals surface area (Å²) in [4.78, 5) is 11.5. The molecule has 1 atom stereocenters. The van der Waals surface area contributed by atoms with Crippen molar-refractivity contribution >= 4 is 5.91 Å². The summed E-state index contributed by atoms with van der Waals surface area (Å²) in [5.74, 6) is -1.64. The van der Waals surface area contributed by atoms with E-state index in [1.807, 2.05) is 0 Å². The molecule has 2 aromatic rings. The lowest BCUT2D eigenvalue weighted by Crippen LogP contribution is -2.18. The smallest absolute Gasteiger partial charge is 0.251 e. The molecule has 116 valence electrons. The minimum absolute atomic E-state index is 0.286. The molecule has 0 heterocycles. The Bertz CT molecular complexity index is 656. The Morgan fingerprint density at radius 3 is 2.50 bits per heavy atom. The number of aliphatic hydroxyl groups is 1. The highest BCUT2D eigenvalue weighted by Crippen LogP contribution is 2.22. The molecule has 0 aliphatic rings. The van der Waals surface area contributed by atoms with Crippen LogP contribution in [0.2, 0.25) is 0 Å². The monoisotopic (exact) mass is 307 g/mol. The first kappa shape index (κ1) is 15.9. The molecule has 0 bridgehead atoms. The fourth-order valence-corrected chi connectivity index (χ4v) is 1.96. The number of nitrogens with one attached hydrogen (secondary N) is 1. The quantitative estimate of drug-likeness (QED) is 0.892. The van der Waals surface area contributed by atoms with Gasteiger partial charge in [0.15, 0.2) is 0 Å². The van der Waals surface area contributed by atoms with Crippen molar-refractivity contribution in [2.45, 2.75) is 6.10 Å². The van der Waals surface area contributed by atoms with Crippen LogP contribution in [0.1, 0.15) is 22.0 Å². The molecule has 0 aliphatic heterocycles. The van der Waals surface area contributed by atoms with Crippen LogP contribution in [-0.2, 0) is 0 Å². The van der Waals surface area contributed by atoms with Gasteiger partial charge in [0, 0.05) is 12.6 Å². The van der Waals surface area contributed by atoms with Crippen molar-refractivity contribution in [1.29, 1.82) is 0 Å². The zero-order valence-electron chi connectivity index (χ0n) is 11.8. The third-order valence-electron chi connectivity index (χ3n) is 3.06. The second kappa shape index (κ2) is 7.00. The van der Waals surface area contributed by atoms with E-state index in [1.165, 1.54) is 19.2 Å². The summed E-state index contributed by atoms with van der Waals surface area (Å²) >= 11 is 0. The summed E-state index contributed by atoms with van der Waals surface area (Å²) < 4.78 is 32.4. The Morgan fingerprint density at radius 2 is 1.86 bits per heavy atom. The molecule has 22 heavy (non-hydrogen) atoms. The van der Waals surface area contributed by atoms with Crippen LogP contribution in [0.4, 0.5) is 8.78 Å². The van der Waals surface area contributed by atoms with E-state index in [0.29, 0.717) is 11.3 Å². The van der Waals surface area contributed by atoms with Gasteiger partial charge in [-0.3, -0.25) is 4.79 Å². The first-order valence-electron chi connectivity index (χ1n) is 6.60. The van der Waals surface area contributed by atoms with Gasteiger partial charge in [-0.05, 0) is 30.3 Å². The molecule has 4 nitrogen and oxygen atoms in total. The van der Waals surface area contributed by atoms with E-state index in [0.717, 1.165) is 12.1 Å². The molecule has 0 spiro atoms. The Morgan fingerprint density at radius 1 is 1.23 bits per heavy atom. The third-order valence-corrected chi connectivity index (χ3v) is 3.06. The molecule has 2 rings (SSSR count). The molecule has 2 N–H and O–H groups in total. The molecule has 1 unspecified atom stereocenters. The number of amides is 1. The van der Waals surface area contributed by atoms with E-state index in [2.05, 4.69) is 5.32 Å². The second-order valence-electron chi connectivity index (χ2n) is 4.57. The Hall–Kier alpha value is -2.47. The molecule has 0 saturated heterocycles. The van der Waals surface area contributed by atoms with Gasteiger partial charge < -0.3 is 15.2 Å². The first-order valence-corrected chi connectivity index (χ1v) is 6.60. The molecule has 0 fully saturated rings. The molecule has 0 aromatic heterocycles. The number of carbonyl (C=O) groups is 1. The molecular formula is C16H15F2NO3. The van der Waals surface area contributed by atoms with Gasteiger partial charge in [-0.2, -0.15) is 0 Å². The van der Waals surface area contributed by atoms with E-state index in [1.54, 1.807) is 18.2 Å². The average Bonchev–Trinajstić information content (AvgIpc) is 2.52. The Labute approximate surface area is 126 Å². The van der Waals surface area contributed by atoms with Crippen LogP contribution >= 0.6 is 0 Å². The maximum absolute atomic E-state index is 13.5. The molecule has 2 aromatic carbocycles. The van der Waals surface area contributed by atoms with Crippen LogP contribution in [0.3, 0.4) is 0 Å². The molecule has 0 aliphatic carbocycles. The third kappa shape index (κ3) is 3.59. The zero-order chi connectivity index (χ0) is 16.1. The summed E-state index contributed by atoms with van der Waals surface area (Å²) in [7, 11) is 1.50. The van der Waals surface area contributed by atoms with Crippen LogP contribution in [0.25, 0.3) is 0 Å². The van der Waals surface area contributed by atoms with Crippen LogP contribution in [0, 0.1) is 11.6 Å². The highest BCUT2D eigenvalue weighted by Gasteiger charge is 2.18. The molecule has 0 radical (unpaired) electrons. The predicted octanol–water partition coefficient (Wildman–Crippen LogP) is 2.44. The normalized spacial score (nSPS) is 11.8. The van der Waals surface area contributed by atoms with Crippen LogP contribution < -0.4 is 10.1 Å². The van der Waals surface area contributed by atoms with E-state index in [-0.39, 0.29) is 12.5 Å². The number of benzene rings is 2. The van der Waals surface area contributed by atoms with Gasteiger partial charge in [0.2, 0.25) is 0 Å². The number of ether oxygens (including phenoxy) is 1. The van der Waals surface area contributed by atoms with Crippen molar-refractivity contribution in [3.8, 4) is 5.75 Å². The number of halogens is 2. The highest BCUT2D eigenvalue weighted by molar-refractivity contribution is 5.94.